The number of aryl methyl sites for hydroxylation is 2. The van der Waals surface area contributed by atoms with Crippen LogP contribution in [0.1, 0.15) is 158 Å². The summed E-state index contributed by atoms with van der Waals surface area (Å²) in [7, 11) is 0. The van der Waals surface area contributed by atoms with Crippen LogP contribution in [0.2, 0.25) is 0 Å². The van der Waals surface area contributed by atoms with Crippen molar-refractivity contribution in [1.29, 1.82) is 0 Å². The zero-order chi connectivity index (χ0) is 41.1. The molecule has 2 amide bonds. The van der Waals surface area contributed by atoms with Gasteiger partial charge in [-0.3, -0.25) is 9.59 Å². The predicted octanol–water partition coefficient (Wildman–Crippen LogP) is 11.0. The van der Waals surface area contributed by atoms with Crippen molar-refractivity contribution in [3.05, 3.63) is 47.5 Å². The van der Waals surface area contributed by atoms with E-state index < -0.39 is 0 Å². The number of ether oxygens (including phenoxy) is 4. The van der Waals surface area contributed by atoms with Gasteiger partial charge in [-0.2, -0.15) is 11.8 Å². The molecule has 2 aromatic rings. The van der Waals surface area contributed by atoms with Crippen LogP contribution >= 0.6 is 11.8 Å². The molecule has 0 heterocycles. The molecule has 0 saturated heterocycles. The number of thioether (sulfide) groups is 1. The van der Waals surface area contributed by atoms with Gasteiger partial charge < -0.3 is 29.6 Å². The number of hydrogen-bond donors (Lipinski definition) is 2. The highest BCUT2D eigenvalue weighted by Gasteiger charge is 2.23. The lowest BCUT2D eigenvalue weighted by Crippen LogP contribution is -2.28. The van der Waals surface area contributed by atoms with E-state index in [1.54, 1.807) is 11.8 Å². The molecule has 8 nitrogen and oxygen atoms in total. The molecule has 2 aromatic carbocycles. The van der Waals surface area contributed by atoms with E-state index in [0.717, 1.165) is 98.3 Å². The highest BCUT2D eigenvalue weighted by Crippen LogP contribution is 2.34. The van der Waals surface area contributed by atoms with E-state index in [-0.39, 0.29) is 34.2 Å². The van der Waals surface area contributed by atoms with Crippen molar-refractivity contribution in [3.63, 3.8) is 0 Å². The molecule has 0 aliphatic rings. The van der Waals surface area contributed by atoms with Crippen molar-refractivity contribution in [2.24, 2.45) is 0 Å². The summed E-state index contributed by atoms with van der Waals surface area (Å²) in [5, 5.41) is 6.12. The van der Waals surface area contributed by atoms with E-state index >= 15 is 0 Å². The lowest BCUT2D eigenvalue weighted by atomic mass is 10.0. The number of carbonyl (C=O) groups excluding carboxylic acids is 2. The van der Waals surface area contributed by atoms with Gasteiger partial charge in [-0.05, 0) is 143 Å². The maximum absolute atomic E-state index is 12.4. The number of rotatable bonds is 28. The number of amides is 2. The summed E-state index contributed by atoms with van der Waals surface area (Å²) in [6.07, 6.45) is 9.95. The number of benzene rings is 2. The first-order valence-electron chi connectivity index (χ1n) is 21.0. The highest BCUT2D eigenvalue weighted by molar-refractivity contribution is 7.99. The Morgan fingerprint density at radius 2 is 0.873 bits per heavy atom. The molecule has 0 aliphatic heterocycles. The van der Waals surface area contributed by atoms with Crippen LogP contribution < -0.4 is 29.6 Å². The molecule has 0 bridgehead atoms. The number of hydrogen-bond acceptors (Lipinski definition) is 7. The van der Waals surface area contributed by atoms with Gasteiger partial charge in [-0.15, -0.1) is 0 Å². The fourth-order valence-corrected chi connectivity index (χ4v) is 6.13. The van der Waals surface area contributed by atoms with Crippen molar-refractivity contribution >= 4 is 23.6 Å². The lowest BCUT2D eigenvalue weighted by molar-refractivity contribution is -0.121. The molecule has 9 heteroatoms. The Morgan fingerprint density at radius 3 is 1.22 bits per heavy atom. The van der Waals surface area contributed by atoms with E-state index in [0.29, 0.717) is 37.4 Å². The van der Waals surface area contributed by atoms with Gasteiger partial charge in [0.2, 0.25) is 11.8 Å². The molecule has 0 aliphatic carbocycles. The van der Waals surface area contributed by atoms with Gasteiger partial charge in [0.15, 0.2) is 0 Å². The molecule has 0 atom stereocenters. The molecule has 0 radical (unpaired) electrons. The van der Waals surface area contributed by atoms with E-state index in [1.165, 1.54) is 0 Å². The first kappa shape index (κ1) is 48.1. The summed E-state index contributed by atoms with van der Waals surface area (Å²) < 4.78 is 25.3. The molecule has 0 spiro atoms. The van der Waals surface area contributed by atoms with Crippen LogP contribution in [0.4, 0.5) is 0 Å². The Labute approximate surface area is 339 Å². The third kappa shape index (κ3) is 19.6. The van der Waals surface area contributed by atoms with Gasteiger partial charge in [-0.25, -0.2) is 0 Å². The van der Waals surface area contributed by atoms with Crippen LogP contribution in [0.15, 0.2) is 36.4 Å². The molecule has 2 N–H and O–H groups in total. The van der Waals surface area contributed by atoms with E-state index in [2.05, 4.69) is 106 Å². The molecule has 312 valence electrons. The highest BCUT2D eigenvalue weighted by atomic mass is 32.2. The lowest BCUT2D eigenvalue weighted by Gasteiger charge is -2.29. The van der Waals surface area contributed by atoms with Gasteiger partial charge >= 0.3 is 0 Å². The normalized spacial score (nSPS) is 12.3. The van der Waals surface area contributed by atoms with Crippen molar-refractivity contribution < 1.29 is 28.5 Å². The summed E-state index contributed by atoms with van der Waals surface area (Å²) in [6.45, 7) is 26.6. The van der Waals surface area contributed by atoms with Gasteiger partial charge in [0, 0.05) is 49.6 Å². The third-order valence-electron chi connectivity index (χ3n) is 10.4. The molecule has 0 saturated carbocycles. The molecule has 0 unspecified atom stereocenters. The van der Waals surface area contributed by atoms with Crippen LogP contribution in [0.25, 0.3) is 0 Å². The van der Waals surface area contributed by atoms with Crippen LogP contribution in [0.3, 0.4) is 0 Å². The standard InChI is InChI=1S/C46H76N2O6S/c1-13-43(5,6)51-37-25-23-35(39(33-37)53-45(9,10)15-3)21-17-19-29-47-41(49)27-31-55-32-28-42(50)48-30-20-18-22-36-24-26-38(52-44(7,8)14-2)34-40(36)54-46(11,12)16-4/h23-26,33-34H,13-22,27-32H2,1-12H3,(H,47,49)(H,48,50). The second-order valence-electron chi connectivity index (χ2n) is 17.1. The Hall–Kier alpha value is -3.07. The average Bonchev–Trinajstić information content (AvgIpc) is 3.12. The first-order valence-corrected chi connectivity index (χ1v) is 22.1. The molecular formula is C46H76N2O6S. The van der Waals surface area contributed by atoms with Gasteiger partial charge in [-0.1, -0.05) is 39.8 Å². The van der Waals surface area contributed by atoms with Crippen LogP contribution in [-0.2, 0) is 22.4 Å². The van der Waals surface area contributed by atoms with Gasteiger partial charge in [0.1, 0.15) is 45.4 Å². The van der Waals surface area contributed by atoms with E-state index in [4.69, 9.17) is 18.9 Å². The monoisotopic (exact) mass is 785 g/mol. The topological polar surface area (TPSA) is 95.1 Å². The summed E-state index contributed by atoms with van der Waals surface area (Å²) in [4.78, 5) is 24.9. The van der Waals surface area contributed by atoms with Crippen molar-refractivity contribution in [1.82, 2.24) is 10.6 Å². The van der Waals surface area contributed by atoms with Crippen molar-refractivity contribution in [2.75, 3.05) is 24.6 Å². The maximum atomic E-state index is 12.4. The fourth-order valence-electron chi connectivity index (χ4n) is 5.27. The first-order chi connectivity index (χ1) is 25.8. The molecular weight excluding hydrogens is 709 g/mol. The minimum atomic E-state index is -0.271. The van der Waals surface area contributed by atoms with Gasteiger partial charge in [0.25, 0.3) is 0 Å². The average molecular weight is 785 g/mol. The number of unbranched alkanes of at least 4 members (excludes halogenated alkanes) is 2. The molecule has 2 rings (SSSR count). The summed E-state index contributed by atoms with van der Waals surface area (Å²) in [5.74, 6) is 4.93. The van der Waals surface area contributed by atoms with E-state index in [1.807, 2.05) is 24.3 Å². The van der Waals surface area contributed by atoms with Crippen LogP contribution in [0.5, 0.6) is 23.0 Å². The number of carbonyl (C=O) groups is 2. The quantitative estimate of drug-likeness (QED) is 0.0830. The van der Waals surface area contributed by atoms with Crippen LogP contribution in [0, 0.1) is 0 Å². The molecule has 0 fully saturated rings. The minimum Gasteiger partial charge on any atom is -0.488 e. The zero-order valence-corrected chi connectivity index (χ0v) is 37.5. The molecule has 0 aromatic heterocycles. The predicted molar refractivity (Wildman–Crippen MR) is 231 cm³/mol. The van der Waals surface area contributed by atoms with Crippen LogP contribution in [-0.4, -0.2) is 58.8 Å². The van der Waals surface area contributed by atoms with Crippen molar-refractivity contribution in [3.8, 4) is 23.0 Å². The SMILES string of the molecule is CCC(C)(C)Oc1ccc(CCCCNC(=O)CCSCCC(=O)NCCCCc2ccc(OC(C)(C)CC)cc2OC(C)(C)CC)c(OC(C)(C)CC)c1. The maximum Gasteiger partial charge on any atom is 0.220 e. The minimum absolute atomic E-state index is 0.0597. The summed E-state index contributed by atoms with van der Waals surface area (Å²) in [5.41, 5.74) is 1.30. The summed E-state index contributed by atoms with van der Waals surface area (Å²) >= 11 is 1.65. The zero-order valence-electron chi connectivity index (χ0n) is 36.6. The fraction of sp³-hybridized carbons (Fsp3) is 0.696. The van der Waals surface area contributed by atoms with E-state index in [9.17, 15) is 9.59 Å². The largest absolute Gasteiger partial charge is 0.488 e. The van der Waals surface area contributed by atoms with Gasteiger partial charge in [0.05, 0.1) is 0 Å². The molecule has 55 heavy (non-hydrogen) atoms. The summed E-state index contributed by atoms with van der Waals surface area (Å²) in [6, 6.07) is 12.4. The Morgan fingerprint density at radius 1 is 0.527 bits per heavy atom. The number of nitrogens with one attached hydrogen (secondary N) is 2. The smallest absolute Gasteiger partial charge is 0.220 e. The second-order valence-corrected chi connectivity index (χ2v) is 18.4. The second kappa shape index (κ2) is 23.2. The Balaban J connectivity index is 1.65. The third-order valence-corrected chi connectivity index (χ3v) is 11.4. The Bertz CT molecular complexity index is 1350. The van der Waals surface area contributed by atoms with Crippen molar-refractivity contribution in [2.45, 2.75) is 183 Å². The Kier molecular flexibility index (Phi) is 20.3.